The van der Waals surface area contributed by atoms with Crippen LogP contribution in [0.5, 0.6) is 0 Å². The van der Waals surface area contributed by atoms with Crippen LogP contribution in [0, 0.1) is 13.8 Å². The van der Waals surface area contributed by atoms with E-state index < -0.39 is 0 Å². The number of ether oxygens (including phenoxy) is 1. The predicted octanol–water partition coefficient (Wildman–Crippen LogP) is 2.67. The highest BCUT2D eigenvalue weighted by molar-refractivity contribution is 5.79. The van der Waals surface area contributed by atoms with E-state index in [1.54, 1.807) is 6.92 Å². The van der Waals surface area contributed by atoms with Crippen molar-refractivity contribution in [1.82, 2.24) is 0 Å². The molecule has 0 amide bonds. The van der Waals surface area contributed by atoms with Crippen LogP contribution in [0.3, 0.4) is 0 Å². The monoisotopic (exact) mass is 221 g/mol. The third kappa shape index (κ3) is 2.99. The molecule has 3 nitrogen and oxygen atoms in total. The number of carbonyl (C=O) groups is 1. The van der Waals surface area contributed by atoms with Gasteiger partial charge in [-0.25, -0.2) is 4.79 Å². The molecule has 0 aliphatic rings. The Morgan fingerprint density at radius 3 is 2.75 bits per heavy atom. The molecule has 0 radical (unpaired) electrons. The Labute approximate surface area is 96.8 Å². The van der Waals surface area contributed by atoms with Gasteiger partial charge < -0.3 is 10.1 Å². The van der Waals surface area contributed by atoms with E-state index in [9.17, 15) is 4.79 Å². The average Bonchev–Trinajstić information content (AvgIpc) is 2.25. The van der Waals surface area contributed by atoms with Gasteiger partial charge in [0.15, 0.2) is 0 Å². The molecule has 0 bridgehead atoms. The molecule has 16 heavy (non-hydrogen) atoms. The molecule has 1 rings (SSSR count). The molecule has 0 heterocycles. The summed E-state index contributed by atoms with van der Waals surface area (Å²) in [6.45, 7) is 8.12. The van der Waals surface area contributed by atoms with Crippen LogP contribution in [-0.4, -0.2) is 18.6 Å². The van der Waals surface area contributed by atoms with Crippen LogP contribution in [0.1, 0.15) is 25.0 Å². The van der Waals surface area contributed by atoms with E-state index >= 15 is 0 Å². The van der Waals surface area contributed by atoms with Gasteiger partial charge in [0, 0.05) is 5.69 Å². The average molecular weight is 221 g/mol. The second-order valence-corrected chi connectivity index (χ2v) is 3.87. The Kier molecular flexibility index (Phi) is 4.35. The molecule has 0 fully saturated rings. The predicted molar refractivity (Wildman–Crippen MR) is 65.6 cm³/mol. The largest absolute Gasteiger partial charge is 0.464 e. The highest BCUT2D eigenvalue weighted by Gasteiger charge is 2.14. The topological polar surface area (TPSA) is 38.3 Å². The van der Waals surface area contributed by atoms with Gasteiger partial charge in [-0.3, -0.25) is 0 Å². The standard InChI is InChI=1S/C13H19NO2/c1-5-16-13(15)11(4)14-12-8-6-7-9(2)10(12)3/h6-8,11,14H,5H2,1-4H3. The molecular weight excluding hydrogens is 202 g/mol. The van der Waals surface area contributed by atoms with Crippen LogP contribution < -0.4 is 5.32 Å². The van der Waals surface area contributed by atoms with Crippen LogP contribution >= 0.6 is 0 Å². The van der Waals surface area contributed by atoms with Crippen LogP contribution in [-0.2, 0) is 9.53 Å². The molecule has 1 N–H and O–H groups in total. The second-order valence-electron chi connectivity index (χ2n) is 3.87. The maximum Gasteiger partial charge on any atom is 0.328 e. The number of benzene rings is 1. The van der Waals surface area contributed by atoms with Crippen molar-refractivity contribution in [3.05, 3.63) is 29.3 Å². The van der Waals surface area contributed by atoms with Crippen molar-refractivity contribution in [2.75, 3.05) is 11.9 Å². The summed E-state index contributed by atoms with van der Waals surface area (Å²) in [5.74, 6) is -0.219. The molecule has 3 heteroatoms. The molecule has 1 unspecified atom stereocenters. The SMILES string of the molecule is CCOC(=O)C(C)Nc1cccc(C)c1C. The molecular formula is C13H19NO2. The first-order valence-corrected chi connectivity index (χ1v) is 5.55. The summed E-state index contributed by atoms with van der Waals surface area (Å²) in [7, 11) is 0. The number of hydrogen-bond acceptors (Lipinski definition) is 3. The number of carbonyl (C=O) groups excluding carboxylic acids is 1. The normalized spacial score (nSPS) is 12.0. The third-order valence-corrected chi connectivity index (χ3v) is 2.62. The first-order valence-electron chi connectivity index (χ1n) is 5.55. The first-order chi connectivity index (χ1) is 7.56. The maximum absolute atomic E-state index is 11.5. The molecule has 1 atom stereocenters. The minimum atomic E-state index is -0.319. The lowest BCUT2D eigenvalue weighted by Gasteiger charge is -2.16. The minimum absolute atomic E-state index is 0.219. The zero-order valence-corrected chi connectivity index (χ0v) is 10.3. The number of rotatable bonds is 4. The van der Waals surface area contributed by atoms with Gasteiger partial charge in [0.05, 0.1) is 6.61 Å². The van der Waals surface area contributed by atoms with Crippen LogP contribution in [0.15, 0.2) is 18.2 Å². The van der Waals surface area contributed by atoms with Crippen molar-refractivity contribution in [2.24, 2.45) is 0 Å². The van der Waals surface area contributed by atoms with Crippen LogP contribution in [0.4, 0.5) is 5.69 Å². The summed E-state index contributed by atoms with van der Waals surface area (Å²) in [6, 6.07) is 5.68. The molecule has 0 aromatic heterocycles. The number of nitrogens with one attached hydrogen (secondary N) is 1. The molecule has 1 aromatic rings. The number of hydrogen-bond donors (Lipinski definition) is 1. The lowest BCUT2D eigenvalue weighted by atomic mass is 10.1. The molecule has 1 aromatic carbocycles. The smallest absolute Gasteiger partial charge is 0.328 e. The van der Waals surface area contributed by atoms with E-state index in [0.717, 1.165) is 5.69 Å². The van der Waals surface area contributed by atoms with E-state index in [1.165, 1.54) is 11.1 Å². The van der Waals surface area contributed by atoms with Gasteiger partial charge in [-0.05, 0) is 44.9 Å². The number of esters is 1. The van der Waals surface area contributed by atoms with E-state index in [-0.39, 0.29) is 12.0 Å². The molecule has 0 spiro atoms. The minimum Gasteiger partial charge on any atom is -0.464 e. The van der Waals surface area contributed by atoms with Crippen molar-refractivity contribution in [2.45, 2.75) is 33.7 Å². The fourth-order valence-electron chi connectivity index (χ4n) is 1.47. The molecule has 0 aliphatic heterocycles. The van der Waals surface area contributed by atoms with E-state index in [1.807, 2.05) is 26.0 Å². The lowest BCUT2D eigenvalue weighted by Crippen LogP contribution is -2.28. The molecule has 88 valence electrons. The maximum atomic E-state index is 11.5. The van der Waals surface area contributed by atoms with Crippen molar-refractivity contribution >= 4 is 11.7 Å². The van der Waals surface area contributed by atoms with Gasteiger partial charge in [0.25, 0.3) is 0 Å². The second kappa shape index (κ2) is 5.54. The van der Waals surface area contributed by atoms with Gasteiger partial charge in [0.2, 0.25) is 0 Å². The van der Waals surface area contributed by atoms with Gasteiger partial charge in [-0.1, -0.05) is 12.1 Å². The zero-order valence-electron chi connectivity index (χ0n) is 10.3. The summed E-state index contributed by atoms with van der Waals surface area (Å²) in [5, 5.41) is 3.16. The van der Waals surface area contributed by atoms with E-state index in [2.05, 4.69) is 18.3 Å². The summed E-state index contributed by atoms with van der Waals surface area (Å²) < 4.78 is 4.94. The Balaban J connectivity index is 2.73. The first kappa shape index (κ1) is 12.6. The van der Waals surface area contributed by atoms with Crippen molar-refractivity contribution in [1.29, 1.82) is 0 Å². The Morgan fingerprint density at radius 1 is 1.44 bits per heavy atom. The van der Waals surface area contributed by atoms with Crippen molar-refractivity contribution < 1.29 is 9.53 Å². The van der Waals surface area contributed by atoms with Crippen LogP contribution in [0.25, 0.3) is 0 Å². The summed E-state index contributed by atoms with van der Waals surface area (Å²) in [4.78, 5) is 11.5. The molecule has 0 saturated heterocycles. The summed E-state index contributed by atoms with van der Waals surface area (Å²) in [6.07, 6.45) is 0. The molecule has 0 saturated carbocycles. The van der Waals surface area contributed by atoms with Gasteiger partial charge >= 0.3 is 5.97 Å². The summed E-state index contributed by atoms with van der Waals surface area (Å²) >= 11 is 0. The highest BCUT2D eigenvalue weighted by Crippen LogP contribution is 2.18. The van der Waals surface area contributed by atoms with E-state index in [4.69, 9.17) is 4.74 Å². The Hall–Kier alpha value is -1.51. The van der Waals surface area contributed by atoms with Crippen molar-refractivity contribution in [3.63, 3.8) is 0 Å². The summed E-state index contributed by atoms with van der Waals surface area (Å²) in [5.41, 5.74) is 3.36. The van der Waals surface area contributed by atoms with E-state index in [0.29, 0.717) is 6.61 Å². The van der Waals surface area contributed by atoms with Gasteiger partial charge in [0.1, 0.15) is 6.04 Å². The van der Waals surface area contributed by atoms with Crippen molar-refractivity contribution in [3.8, 4) is 0 Å². The van der Waals surface area contributed by atoms with Crippen LogP contribution in [0.2, 0.25) is 0 Å². The quantitative estimate of drug-likeness (QED) is 0.794. The third-order valence-electron chi connectivity index (χ3n) is 2.62. The highest BCUT2D eigenvalue weighted by atomic mass is 16.5. The lowest BCUT2D eigenvalue weighted by molar-refractivity contribution is -0.143. The zero-order chi connectivity index (χ0) is 12.1. The van der Waals surface area contributed by atoms with Gasteiger partial charge in [-0.15, -0.1) is 0 Å². The Morgan fingerprint density at radius 2 is 2.12 bits per heavy atom. The fraction of sp³-hybridized carbons (Fsp3) is 0.462. The van der Waals surface area contributed by atoms with Gasteiger partial charge in [-0.2, -0.15) is 0 Å². The number of anilines is 1. The number of aryl methyl sites for hydroxylation is 1. The Bertz CT molecular complexity index is 374. The fourth-order valence-corrected chi connectivity index (χ4v) is 1.47. The molecule has 0 aliphatic carbocycles.